The molecule has 0 fully saturated rings. The molecule has 0 heterocycles. The van der Waals surface area contributed by atoms with Gasteiger partial charge in [-0.2, -0.15) is 0 Å². The molecule has 0 atom stereocenters. The lowest BCUT2D eigenvalue weighted by Gasteiger charge is -1.93. The number of halogens is 2. The Balaban J connectivity index is -0.000000245. The van der Waals surface area contributed by atoms with Gasteiger partial charge in [-0.15, -0.1) is 39.2 Å². The number of unbranched alkanes of at least 4 members (excludes halogenated alkanes) is 4. The zero-order valence-electron chi connectivity index (χ0n) is 7.06. The van der Waals surface area contributed by atoms with Crippen molar-refractivity contribution in [3.8, 4) is 0 Å². The van der Waals surface area contributed by atoms with Crippen molar-refractivity contribution in [2.45, 2.75) is 44.3 Å². The van der Waals surface area contributed by atoms with Gasteiger partial charge in [0.05, 0.1) is 0 Å². The van der Waals surface area contributed by atoms with Gasteiger partial charge in [0.1, 0.15) is 0 Å². The largest absolute Gasteiger partial charge is 0.211 e. The molecular formula is C7H19AlBr2. The van der Waals surface area contributed by atoms with E-state index < -0.39 is 0 Å². The first-order valence-corrected chi connectivity index (χ1v) is 5.33. The van der Waals surface area contributed by atoms with E-state index in [1.165, 1.54) is 53.7 Å². The second-order valence-electron chi connectivity index (χ2n) is 2.41. The van der Waals surface area contributed by atoms with Gasteiger partial charge >= 0.3 is 0 Å². The molecule has 0 nitrogen and oxygen atoms in total. The van der Waals surface area contributed by atoms with Gasteiger partial charge in [0.2, 0.25) is 16.3 Å². The third-order valence-electron chi connectivity index (χ3n) is 1.46. The van der Waals surface area contributed by atoms with Crippen molar-refractivity contribution in [2.24, 2.45) is 0 Å². The molecule has 0 aliphatic rings. The minimum Gasteiger partial charge on any atom is -0.114 e. The molecule has 0 N–H and O–H groups in total. The Morgan fingerprint density at radius 1 is 0.900 bits per heavy atom. The Kier molecular flexibility index (Phi) is 29.5. The summed E-state index contributed by atoms with van der Waals surface area (Å²) in [6.07, 6.45) is 7.27. The molecule has 0 saturated carbocycles. The molecule has 10 heavy (non-hydrogen) atoms. The van der Waals surface area contributed by atoms with Crippen LogP contribution in [-0.4, -0.2) is 16.3 Å². The van der Waals surface area contributed by atoms with Crippen molar-refractivity contribution in [3.63, 3.8) is 0 Å². The first-order chi connectivity index (χ1) is 3.91. The van der Waals surface area contributed by atoms with Crippen LogP contribution in [0, 0.1) is 0 Å². The van der Waals surface area contributed by atoms with Crippen molar-refractivity contribution >= 4 is 50.3 Å². The minimum atomic E-state index is 0. The minimum absolute atomic E-state index is 0. The van der Waals surface area contributed by atoms with Crippen molar-refractivity contribution in [3.05, 3.63) is 0 Å². The Morgan fingerprint density at radius 3 is 1.80 bits per heavy atom. The molecule has 0 aromatic heterocycles. The summed E-state index contributed by atoms with van der Waals surface area (Å²) in [5.74, 6) is 0. The highest BCUT2D eigenvalue weighted by Crippen LogP contribution is 2.02. The fourth-order valence-corrected chi connectivity index (χ4v) is 1.35. The monoisotopic (exact) mass is 288 g/mol. The molecule has 0 spiro atoms. The third-order valence-corrected chi connectivity index (χ3v) is 2.16. The lowest BCUT2D eigenvalue weighted by atomic mass is 10.2. The van der Waals surface area contributed by atoms with Crippen LogP contribution in [0.4, 0.5) is 0 Å². The summed E-state index contributed by atoms with van der Waals surface area (Å²) in [6, 6.07) is 0. The van der Waals surface area contributed by atoms with Crippen LogP contribution in [0.3, 0.4) is 0 Å². The van der Waals surface area contributed by atoms with Gasteiger partial charge in [-0.1, -0.05) is 39.0 Å². The highest BCUT2D eigenvalue weighted by atomic mass is 79.9. The van der Waals surface area contributed by atoms with Crippen molar-refractivity contribution in [1.29, 1.82) is 0 Å². The maximum absolute atomic E-state index is 2.26. The third kappa shape index (κ3) is 16.2. The van der Waals surface area contributed by atoms with Gasteiger partial charge < -0.3 is 0 Å². The Bertz CT molecular complexity index is 36.6. The molecule has 0 aliphatic carbocycles. The van der Waals surface area contributed by atoms with Crippen molar-refractivity contribution in [2.75, 3.05) is 0 Å². The van der Waals surface area contributed by atoms with Crippen LogP contribution in [0.5, 0.6) is 0 Å². The first-order valence-electron chi connectivity index (χ1n) is 3.91. The van der Waals surface area contributed by atoms with Crippen LogP contribution in [0.25, 0.3) is 0 Å². The molecule has 64 valence electrons. The average molecular weight is 290 g/mol. The molecule has 0 rings (SSSR count). The van der Waals surface area contributed by atoms with E-state index in [-0.39, 0.29) is 34.0 Å². The zero-order valence-corrected chi connectivity index (χ0v) is 12.5. The van der Waals surface area contributed by atoms with E-state index >= 15 is 0 Å². The van der Waals surface area contributed by atoms with E-state index in [0.717, 1.165) is 0 Å². The fraction of sp³-hybridized carbons (Fsp3) is 1.00. The molecule has 3 heteroatoms. The summed E-state index contributed by atoms with van der Waals surface area (Å²) < 4.78 is 0. The van der Waals surface area contributed by atoms with Gasteiger partial charge in [-0.3, -0.25) is 0 Å². The quantitative estimate of drug-likeness (QED) is 0.539. The number of hydrogen-bond acceptors (Lipinski definition) is 0. The van der Waals surface area contributed by atoms with E-state index in [0.29, 0.717) is 0 Å². The molecule has 0 aliphatic heterocycles. The molecule has 0 amide bonds. The highest BCUT2D eigenvalue weighted by Gasteiger charge is 1.83. The second-order valence-corrected chi connectivity index (χ2v) is 3.41. The maximum atomic E-state index is 2.26. The van der Waals surface area contributed by atoms with E-state index in [1.54, 1.807) is 0 Å². The molecule has 0 aromatic carbocycles. The SMILES string of the molecule is Br.Br.CCCCCC[CH2][AlH2]. The van der Waals surface area contributed by atoms with Gasteiger partial charge in [-0.05, 0) is 0 Å². The van der Waals surface area contributed by atoms with Crippen LogP contribution in [-0.2, 0) is 0 Å². The molecule has 0 aromatic rings. The summed E-state index contributed by atoms with van der Waals surface area (Å²) in [7, 11) is 0. The number of hydrogen-bond donors (Lipinski definition) is 0. The molecular weight excluding hydrogens is 271 g/mol. The lowest BCUT2D eigenvalue weighted by molar-refractivity contribution is 0.656. The Morgan fingerprint density at radius 2 is 1.40 bits per heavy atom. The van der Waals surface area contributed by atoms with Crippen LogP contribution < -0.4 is 0 Å². The van der Waals surface area contributed by atoms with Crippen LogP contribution in [0.15, 0.2) is 0 Å². The smallest absolute Gasteiger partial charge is 0.114 e. The van der Waals surface area contributed by atoms with Crippen molar-refractivity contribution < 1.29 is 0 Å². The normalized spacial score (nSPS) is 7.70. The van der Waals surface area contributed by atoms with Crippen LogP contribution in [0.1, 0.15) is 39.0 Å². The van der Waals surface area contributed by atoms with E-state index in [4.69, 9.17) is 0 Å². The fourth-order valence-electron chi connectivity index (χ4n) is 0.854. The van der Waals surface area contributed by atoms with E-state index in [9.17, 15) is 0 Å². The van der Waals surface area contributed by atoms with Crippen LogP contribution >= 0.6 is 34.0 Å². The Labute approximate surface area is 94.1 Å². The predicted molar refractivity (Wildman–Crippen MR) is 62.8 cm³/mol. The van der Waals surface area contributed by atoms with Gasteiger partial charge in [0.25, 0.3) is 0 Å². The van der Waals surface area contributed by atoms with Gasteiger partial charge in [-0.25, -0.2) is 0 Å². The summed E-state index contributed by atoms with van der Waals surface area (Å²) >= 11 is 1.41. The highest BCUT2D eigenvalue weighted by molar-refractivity contribution is 8.93. The van der Waals surface area contributed by atoms with E-state index in [1.807, 2.05) is 0 Å². The molecule has 0 bridgehead atoms. The zero-order chi connectivity index (χ0) is 6.24. The second kappa shape index (κ2) is 16.8. The van der Waals surface area contributed by atoms with Gasteiger partial charge in [0.15, 0.2) is 0 Å². The molecule has 0 unspecified atom stereocenters. The molecule has 0 saturated heterocycles. The topological polar surface area (TPSA) is 0 Å². The summed E-state index contributed by atoms with van der Waals surface area (Å²) in [6.45, 7) is 2.26. The average Bonchev–Trinajstić information content (AvgIpc) is 1.81. The Hall–Kier alpha value is 1.49. The lowest BCUT2D eigenvalue weighted by Crippen LogP contribution is -1.75. The van der Waals surface area contributed by atoms with E-state index in [2.05, 4.69) is 6.92 Å². The summed E-state index contributed by atoms with van der Waals surface area (Å²) in [4.78, 5) is 0. The predicted octanol–water partition coefficient (Wildman–Crippen LogP) is 3.16. The van der Waals surface area contributed by atoms with Crippen molar-refractivity contribution in [1.82, 2.24) is 0 Å². The number of rotatable bonds is 5. The van der Waals surface area contributed by atoms with Gasteiger partial charge in [0, 0.05) is 0 Å². The summed E-state index contributed by atoms with van der Waals surface area (Å²) in [5.41, 5.74) is 0. The standard InChI is InChI=1S/C7H15.Al.2BrH.2H/c1-3-5-7-6-4-2;;;;;/h1,3-7H2,2H3;;2*1H;;. The first kappa shape index (κ1) is 17.5. The molecule has 0 radical (unpaired) electrons. The summed E-state index contributed by atoms with van der Waals surface area (Å²) in [5, 5.41) is 1.50. The maximum Gasteiger partial charge on any atom is 0.211 e. The van der Waals surface area contributed by atoms with Crippen LogP contribution in [0.2, 0.25) is 5.28 Å².